The van der Waals surface area contributed by atoms with Gasteiger partial charge in [-0.2, -0.15) is 0 Å². The zero-order valence-corrected chi connectivity index (χ0v) is 12.5. The summed E-state index contributed by atoms with van der Waals surface area (Å²) < 4.78 is 0.719. The number of ketones is 1. The van der Waals surface area contributed by atoms with E-state index >= 15 is 0 Å². The molecule has 7 heteroatoms. The summed E-state index contributed by atoms with van der Waals surface area (Å²) in [5.41, 5.74) is 0.469. The van der Waals surface area contributed by atoms with Crippen LogP contribution in [-0.2, 0) is 9.59 Å². The first-order valence-electron chi connectivity index (χ1n) is 5.19. The number of carbonyl (C=O) groups excluding carboxylic acids is 2. The summed E-state index contributed by atoms with van der Waals surface area (Å²) in [6.07, 6.45) is 1.12. The second-order valence-electron chi connectivity index (χ2n) is 3.73. The van der Waals surface area contributed by atoms with E-state index in [1.807, 2.05) is 0 Å². The predicted molar refractivity (Wildman–Crippen MR) is 78.8 cm³/mol. The first-order valence-corrected chi connectivity index (χ1v) is 6.74. The van der Waals surface area contributed by atoms with Crippen LogP contribution in [0.1, 0.15) is 6.42 Å². The average molecular weight is 362 g/mol. The molecule has 2 rings (SSSR count). The van der Waals surface area contributed by atoms with Gasteiger partial charge in [0, 0.05) is 16.4 Å². The second kappa shape index (κ2) is 5.86. The highest BCUT2D eigenvalue weighted by Crippen LogP contribution is 2.26. The highest BCUT2D eigenvalue weighted by molar-refractivity contribution is 9.10. The number of rotatable bonds is 2. The number of Topliss-reactive ketones (excluding diaryl/α,β-unsaturated/α-hetero) is 1. The molecule has 98 valence electrons. The SMILES string of the molecule is O=C1CC(Cl)=NC=C1C(=O)Nc1ccc(Br)c(Cl)c1. The first-order chi connectivity index (χ1) is 8.97. The van der Waals surface area contributed by atoms with Crippen molar-refractivity contribution in [3.8, 4) is 0 Å². The highest BCUT2D eigenvalue weighted by atomic mass is 79.9. The summed E-state index contributed by atoms with van der Waals surface area (Å²) in [6, 6.07) is 4.94. The quantitative estimate of drug-likeness (QED) is 0.819. The summed E-state index contributed by atoms with van der Waals surface area (Å²) in [6.45, 7) is 0. The Bertz CT molecular complexity index is 626. The van der Waals surface area contributed by atoms with Gasteiger partial charge in [0.1, 0.15) is 10.7 Å². The normalized spacial score (nSPS) is 14.8. The molecule has 0 aliphatic carbocycles. The molecule has 0 unspecified atom stereocenters. The van der Waals surface area contributed by atoms with Gasteiger partial charge in [0.25, 0.3) is 5.91 Å². The molecule has 0 radical (unpaired) electrons. The second-order valence-corrected chi connectivity index (χ2v) is 5.43. The third kappa shape index (κ3) is 3.43. The lowest BCUT2D eigenvalue weighted by molar-refractivity contribution is -0.119. The van der Waals surface area contributed by atoms with Crippen LogP contribution in [0.15, 0.2) is 39.4 Å². The molecule has 1 heterocycles. The van der Waals surface area contributed by atoms with Crippen LogP contribution in [0.5, 0.6) is 0 Å². The maximum absolute atomic E-state index is 11.9. The maximum Gasteiger partial charge on any atom is 0.260 e. The number of anilines is 1. The first kappa shape index (κ1) is 14.2. The molecule has 1 aliphatic rings. The molecule has 0 saturated heterocycles. The Labute approximate surface area is 127 Å². The van der Waals surface area contributed by atoms with Crippen molar-refractivity contribution in [3.05, 3.63) is 39.5 Å². The monoisotopic (exact) mass is 360 g/mol. The van der Waals surface area contributed by atoms with E-state index in [0.29, 0.717) is 10.7 Å². The lowest BCUT2D eigenvalue weighted by Gasteiger charge is -2.10. The number of hydrogen-bond donors (Lipinski definition) is 1. The number of carbonyl (C=O) groups is 2. The van der Waals surface area contributed by atoms with E-state index in [-0.39, 0.29) is 22.9 Å². The lowest BCUT2D eigenvalue weighted by atomic mass is 10.1. The van der Waals surface area contributed by atoms with Crippen molar-refractivity contribution in [1.29, 1.82) is 0 Å². The Hall–Kier alpha value is -1.17. The van der Waals surface area contributed by atoms with Gasteiger partial charge in [0.2, 0.25) is 0 Å². The third-order valence-electron chi connectivity index (χ3n) is 2.36. The van der Waals surface area contributed by atoms with Crippen LogP contribution >= 0.6 is 39.1 Å². The number of nitrogens with zero attached hydrogens (tertiary/aromatic N) is 1. The zero-order valence-electron chi connectivity index (χ0n) is 9.41. The molecule has 1 N–H and O–H groups in total. The van der Waals surface area contributed by atoms with Gasteiger partial charge in [-0.1, -0.05) is 23.2 Å². The fourth-order valence-electron chi connectivity index (χ4n) is 1.44. The van der Waals surface area contributed by atoms with Gasteiger partial charge in [-0.25, -0.2) is 4.99 Å². The van der Waals surface area contributed by atoms with Crippen molar-refractivity contribution in [2.24, 2.45) is 4.99 Å². The molecule has 0 fully saturated rings. The summed E-state index contributed by atoms with van der Waals surface area (Å²) in [4.78, 5) is 27.3. The minimum atomic E-state index is -0.531. The van der Waals surface area contributed by atoms with E-state index in [9.17, 15) is 9.59 Å². The molecule has 4 nitrogen and oxygen atoms in total. The number of halogens is 3. The van der Waals surface area contributed by atoms with Crippen molar-refractivity contribution in [1.82, 2.24) is 0 Å². The van der Waals surface area contributed by atoms with Crippen molar-refractivity contribution in [2.45, 2.75) is 6.42 Å². The van der Waals surface area contributed by atoms with E-state index in [1.165, 1.54) is 6.20 Å². The van der Waals surface area contributed by atoms with Gasteiger partial charge < -0.3 is 5.32 Å². The van der Waals surface area contributed by atoms with Crippen LogP contribution in [0, 0.1) is 0 Å². The van der Waals surface area contributed by atoms with Crippen LogP contribution in [0.2, 0.25) is 5.02 Å². The Balaban J connectivity index is 2.17. The summed E-state index contributed by atoms with van der Waals surface area (Å²) in [5.74, 6) is -0.892. The Kier molecular flexibility index (Phi) is 4.39. The molecule has 0 aromatic heterocycles. The molecule has 0 bridgehead atoms. The molecule has 1 aromatic rings. The van der Waals surface area contributed by atoms with Gasteiger partial charge in [0.15, 0.2) is 5.78 Å². The number of benzene rings is 1. The van der Waals surface area contributed by atoms with Gasteiger partial charge in [0.05, 0.1) is 11.4 Å². The molecular formula is C12H7BrCl2N2O2. The van der Waals surface area contributed by atoms with Crippen LogP contribution in [0.3, 0.4) is 0 Å². The smallest absolute Gasteiger partial charge is 0.260 e. The minimum absolute atomic E-state index is 0.0246. The van der Waals surface area contributed by atoms with E-state index < -0.39 is 5.91 Å². The largest absolute Gasteiger partial charge is 0.322 e. The number of hydrogen-bond acceptors (Lipinski definition) is 3. The molecule has 0 saturated carbocycles. The number of amides is 1. The van der Waals surface area contributed by atoms with Crippen LogP contribution < -0.4 is 5.32 Å². The summed E-state index contributed by atoms with van der Waals surface area (Å²) in [7, 11) is 0. The molecule has 1 amide bonds. The summed E-state index contributed by atoms with van der Waals surface area (Å²) >= 11 is 14.8. The fraction of sp³-hybridized carbons (Fsp3) is 0.0833. The van der Waals surface area contributed by atoms with Crippen molar-refractivity contribution >= 4 is 61.7 Å². The van der Waals surface area contributed by atoms with Gasteiger partial charge >= 0.3 is 0 Å². The highest BCUT2D eigenvalue weighted by Gasteiger charge is 2.22. The fourth-order valence-corrected chi connectivity index (χ4v) is 2.03. The number of nitrogens with one attached hydrogen (secondary N) is 1. The van der Waals surface area contributed by atoms with E-state index in [0.717, 1.165) is 4.47 Å². The van der Waals surface area contributed by atoms with E-state index in [4.69, 9.17) is 23.2 Å². The predicted octanol–water partition coefficient (Wildman–Crippen LogP) is 3.54. The Morgan fingerprint density at radius 3 is 2.74 bits per heavy atom. The van der Waals surface area contributed by atoms with Gasteiger partial charge in [-0.05, 0) is 34.1 Å². The molecule has 1 aliphatic heterocycles. The molecule has 0 atom stereocenters. The molecule has 19 heavy (non-hydrogen) atoms. The molecular weight excluding hydrogens is 355 g/mol. The van der Waals surface area contributed by atoms with Crippen molar-refractivity contribution < 1.29 is 9.59 Å². The van der Waals surface area contributed by atoms with E-state index in [1.54, 1.807) is 18.2 Å². The molecule has 0 spiro atoms. The van der Waals surface area contributed by atoms with Gasteiger partial charge in [-0.15, -0.1) is 0 Å². The lowest BCUT2D eigenvalue weighted by Crippen LogP contribution is -2.23. The van der Waals surface area contributed by atoms with Crippen molar-refractivity contribution in [3.63, 3.8) is 0 Å². The van der Waals surface area contributed by atoms with Crippen LogP contribution in [0.4, 0.5) is 5.69 Å². The van der Waals surface area contributed by atoms with Crippen LogP contribution in [-0.4, -0.2) is 16.9 Å². The number of aliphatic imine (C=N–C) groups is 1. The standard InChI is InChI=1S/C12H7BrCl2N2O2/c13-8-2-1-6(3-9(8)14)17-12(19)7-5-16-11(15)4-10(7)18/h1-3,5H,4H2,(H,17,19). The third-order valence-corrected chi connectivity index (χ3v) is 3.83. The average Bonchev–Trinajstić information content (AvgIpc) is 2.33. The topological polar surface area (TPSA) is 58.5 Å². The van der Waals surface area contributed by atoms with Crippen molar-refractivity contribution in [2.75, 3.05) is 5.32 Å². The molecule has 1 aromatic carbocycles. The Morgan fingerprint density at radius 1 is 1.37 bits per heavy atom. The van der Waals surface area contributed by atoms with E-state index in [2.05, 4.69) is 26.2 Å². The van der Waals surface area contributed by atoms with Crippen LogP contribution in [0.25, 0.3) is 0 Å². The maximum atomic E-state index is 11.9. The summed E-state index contributed by atoms with van der Waals surface area (Å²) in [5, 5.41) is 3.21. The minimum Gasteiger partial charge on any atom is -0.322 e. The van der Waals surface area contributed by atoms with Gasteiger partial charge in [-0.3, -0.25) is 9.59 Å². The Morgan fingerprint density at radius 2 is 2.11 bits per heavy atom. The zero-order chi connectivity index (χ0) is 14.0.